The highest BCUT2D eigenvalue weighted by Gasteiger charge is 2.08. The average Bonchev–Trinajstić information content (AvgIpc) is 2.21. The van der Waals surface area contributed by atoms with Gasteiger partial charge in [0.05, 0.1) is 8.95 Å². The molecule has 88 valence electrons. The molecule has 5 heteroatoms. The molecule has 1 rings (SSSR count). The Kier molecular flexibility index (Phi) is 5.44. The summed E-state index contributed by atoms with van der Waals surface area (Å²) < 4.78 is 7.19. The Morgan fingerprint density at radius 2 is 1.88 bits per heavy atom. The van der Waals surface area contributed by atoms with E-state index in [4.69, 9.17) is 4.74 Å². The van der Waals surface area contributed by atoms with E-state index >= 15 is 0 Å². The van der Waals surface area contributed by atoms with Crippen LogP contribution in [-0.2, 0) is 0 Å². The summed E-state index contributed by atoms with van der Waals surface area (Å²) in [6.07, 6.45) is 0.805. The first-order valence-corrected chi connectivity index (χ1v) is 6.35. The average molecular weight is 351 g/mol. The largest absolute Gasteiger partial charge is 0.490 e. The Labute approximate surface area is 112 Å². The zero-order chi connectivity index (χ0) is 12.1. The van der Waals surface area contributed by atoms with Gasteiger partial charge in [-0.15, -0.1) is 0 Å². The first-order chi connectivity index (χ1) is 7.54. The highest BCUT2D eigenvalue weighted by Crippen LogP contribution is 2.34. The molecule has 0 unspecified atom stereocenters. The first kappa shape index (κ1) is 13.7. The van der Waals surface area contributed by atoms with Gasteiger partial charge < -0.3 is 9.64 Å². The molecule has 16 heavy (non-hydrogen) atoms. The third kappa shape index (κ3) is 3.88. The number of nitrogens with zero attached hydrogens (tertiary/aromatic N) is 1. The second-order valence-corrected chi connectivity index (χ2v) is 5.29. The smallest absolute Gasteiger partial charge is 0.150 e. The third-order valence-corrected chi connectivity index (χ3v) is 3.12. The molecule has 0 atom stereocenters. The van der Waals surface area contributed by atoms with E-state index in [1.165, 1.54) is 0 Å². The van der Waals surface area contributed by atoms with Crippen LogP contribution in [0, 0.1) is 0 Å². The summed E-state index contributed by atoms with van der Waals surface area (Å²) >= 11 is 6.76. The van der Waals surface area contributed by atoms with Crippen molar-refractivity contribution in [2.24, 2.45) is 0 Å². The van der Waals surface area contributed by atoms with Gasteiger partial charge in [0.2, 0.25) is 0 Å². The number of carbonyl (C=O) groups is 1. The van der Waals surface area contributed by atoms with Gasteiger partial charge in [0, 0.05) is 12.1 Å². The number of hydrogen-bond acceptors (Lipinski definition) is 3. The van der Waals surface area contributed by atoms with Gasteiger partial charge in [0.25, 0.3) is 0 Å². The maximum atomic E-state index is 10.6. The summed E-state index contributed by atoms with van der Waals surface area (Å²) in [4.78, 5) is 12.7. The van der Waals surface area contributed by atoms with Gasteiger partial charge in [-0.2, -0.15) is 0 Å². The van der Waals surface area contributed by atoms with Gasteiger partial charge in [0.15, 0.2) is 0 Å². The molecule has 0 aliphatic carbocycles. The van der Waals surface area contributed by atoms with Crippen molar-refractivity contribution in [2.75, 3.05) is 27.2 Å². The van der Waals surface area contributed by atoms with Crippen molar-refractivity contribution in [3.8, 4) is 5.75 Å². The first-order valence-electron chi connectivity index (χ1n) is 4.76. The van der Waals surface area contributed by atoms with Crippen molar-refractivity contribution in [1.82, 2.24) is 4.90 Å². The minimum atomic E-state index is 0.602. The van der Waals surface area contributed by atoms with E-state index in [0.29, 0.717) is 12.2 Å². The summed E-state index contributed by atoms with van der Waals surface area (Å²) in [5, 5.41) is 0. The molecule has 0 radical (unpaired) electrons. The number of halogens is 2. The molecule has 1 aromatic carbocycles. The van der Waals surface area contributed by atoms with Crippen LogP contribution in [0.5, 0.6) is 5.75 Å². The fourth-order valence-corrected chi connectivity index (χ4v) is 2.57. The number of carbonyl (C=O) groups excluding carboxylic acids is 1. The van der Waals surface area contributed by atoms with Crippen molar-refractivity contribution >= 4 is 38.1 Å². The van der Waals surface area contributed by atoms with Crippen LogP contribution in [0.4, 0.5) is 0 Å². The van der Waals surface area contributed by atoms with Crippen molar-refractivity contribution < 1.29 is 9.53 Å². The standard InChI is InChI=1S/C11H13Br2NO2/c1-14(2)3-4-16-11-9(12)5-8(7-15)6-10(11)13/h5-7H,3-4H2,1-2H3. The predicted molar refractivity (Wildman–Crippen MR) is 71.3 cm³/mol. The number of rotatable bonds is 5. The lowest BCUT2D eigenvalue weighted by Crippen LogP contribution is -2.19. The minimum Gasteiger partial charge on any atom is -0.490 e. The molecule has 0 aliphatic rings. The van der Waals surface area contributed by atoms with Gasteiger partial charge in [-0.05, 0) is 58.1 Å². The highest BCUT2D eigenvalue weighted by atomic mass is 79.9. The lowest BCUT2D eigenvalue weighted by Gasteiger charge is -2.13. The Balaban J connectivity index is 2.76. The maximum Gasteiger partial charge on any atom is 0.150 e. The molecule has 0 bridgehead atoms. The zero-order valence-corrected chi connectivity index (χ0v) is 12.3. The molecule has 0 N–H and O–H groups in total. The molecule has 3 nitrogen and oxygen atoms in total. The lowest BCUT2D eigenvalue weighted by molar-refractivity contribution is 0.112. The summed E-state index contributed by atoms with van der Waals surface area (Å²) in [5.41, 5.74) is 0.610. The molecule has 0 aromatic heterocycles. The van der Waals surface area contributed by atoms with Crippen molar-refractivity contribution in [3.63, 3.8) is 0 Å². The lowest BCUT2D eigenvalue weighted by atomic mass is 10.2. The monoisotopic (exact) mass is 349 g/mol. The molecule has 0 spiro atoms. The van der Waals surface area contributed by atoms with E-state index in [1.807, 2.05) is 19.0 Å². The molecule has 0 fully saturated rings. The van der Waals surface area contributed by atoms with Crippen LogP contribution in [0.15, 0.2) is 21.1 Å². The van der Waals surface area contributed by atoms with Crippen molar-refractivity contribution in [1.29, 1.82) is 0 Å². The fourth-order valence-electron chi connectivity index (χ4n) is 1.12. The SMILES string of the molecule is CN(C)CCOc1c(Br)cc(C=O)cc1Br. The Morgan fingerprint density at radius 1 is 1.31 bits per heavy atom. The number of aldehydes is 1. The summed E-state index contributed by atoms with van der Waals surface area (Å²) in [6.45, 7) is 1.44. The summed E-state index contributed by atoms with van der Waals surface area (Å²) in [5.74, 6) is 0.729. The molecule has 0 heterocycles. The van der Waals surface area contributed by atoms with Crippen molar-refractivity contribution in [2.45, 2.75) is 0 Å². The minimum absolute atomic E-state index is 0.602. The highest BCUT2D eigenvalue weighted by molar-refractivity contribution is 9.11. The van der Waals surface area contributed by atoms with E-state index in [2.05, 4.69) is 31.9 Å². The maximum absolute atomic E-state index is 10.6. The normalized spacial score (nSPS) is 10.6. The van der Waals surface area contributed by atoms with Gasteiger partial charge in [-0.25, -0.2) is 0 Å². The molecule has 1 aromatic rings. The zero-order valence-electron chi connectivity index (χ0n) is 9.17. The topological polar surface area (TPSA) is 29.5 Å². The van der Waals surface area contributed by atoms with E-state index in [1.54, 1.807) is 12.1 Å². The molecule has 0 saturated carbocycles. The van der Waals surface area contributed by atoms with Crippen LogP contribution in [0.2, 0.25) is 0 Å². The Bertz CT molecular complexity index is 357. The van der Waals surface area contributed by atoms with Crippen molar-refractivity contribution in [3.05, 3.63) is 26.6 Å². The molecule has 0 saturated heterocycles. The van der Waals surface area contributed by atoms with Crippen LogP contribution < -0.4 is 4.74 Å². The molecule has 0 amide bonds. The van der Waals surface area contributed by atoms with Crippen LogP contribution in [0.3, 0.4) is 0 Å². The van der Waals surface area contributed by atoms with Gasteiger partial charge in [0.1, 0.15) is 18.6 Å². The predicted octanol–water partition coefficient (Wildman–Crippen LogP) is 2.96. The molecular formula is C11H13Br2NO2. The number of ether oxygens (including phenoxy) is 1. The van der Waals surface area contributed by atoms with Gasteiger partial charge >= 0.3 is 0 Å². The quantitative estimate of drug-likeness (QED) is 0.764. The van der Waals surface area contributed by atoms with E-state index in [0.717, 1.165) is 27.5 Å². The van der Waals surface area contributed by atoms with Gasteiger partial charge in [-0.1, -0.05) is 0 Å². The Morgan fingerprint density at radius 3 is 2.31 bits per heavy atom. The van der Waals surface area contributed by atoms with Gasteiger partial charge in [-0.3, -0.25) is 4.79 Å². The second-order valence-electron chi connectivity index (χ2n) is 3.58. The van der Waals surface area contributed by atoms with Crippen LogP contribution in [0.25, 0.3) is 0 Å². The summed E-state index contributed by atoms with van der Waals surface area (Å²) in [7, 11) is 3.98. The number of likely N-dealkylation sites (N-methyl/N-ethyl adjacent to an activating group) is 1. The summed E-state index contributed by atoms with van der Waals surface area (Å²) in [6, 6.07) is 3.48. The number of benzene rings is 1. The molecule has 0 aliphatic heterocycles. The number of hydrogen-bond donors (Lipinski definition) is 0. The van der Waals surface area contributed by atoms with Crippen LogP contribution in [0.1, 0.15) is 10.4 Å². The van der Waals surface area contributed by atoms with Crippen LogP contribution in [-0.4, -0.2) is 38.4 Å². The van der Waals surface area contributed by atoms with E-state index in [-0.39, 0.29) is 0 Å². The third-order valence-electron chi connectivity index (χ3n) is 1.94. The van der Waals surface area contributed by atoms with Crippen LogP contribution >= 0.6 is 31.9 Å². The second kappa shape index (κ2) is 6.37. The Hall–Kier alpha value is -0.390. The van der Waals surface area contributed by atoms with E-state index < -0.39 is 0 Å². The van der Waals surface area contributed by atoms with E-state index in [9.17, 15) is 4.79 Å². The fraction of sp³-hybridized carbons (Fsp3) is 0.364. The molecular weight excluding hydrogens is 338 g/mol.